The second-order valence-corrected chi connectivity index (χ2v) is 4.90. The standard InChI is InChI=1S/C14H18ClFN4/c1-3-7-20-14(11(15)8-19-20)13(18-4-2)10-5-6-17-9-12(10)16/h5-6,8-9,13,18H,3-4,7H2,1-2H3. The summed E-state index contributed by atoms with van der Waals surface area (Å²) in [4.78, 5) is 3.79. The zero-order valence-electron chi connectivity index (χ0n) is 11.6. The van der Waals surface area contributed by atoms with Gasteiger partial charge in [0.2, 0.25) is 0 Å². The Morgan fingerprint density at radius 1 is 1.40 bits per heavy atom. The molecule has 1 atom stereocenters. The van der Waals surface area contributed by atoms with Gasteiger partial charge in [0.05, 0.1) is 29.2 Å². The molecule has 2 aromatic heterocycles. The number of aryl methyl sites for hydroxylation is 1. The molecule has 2 aromatic rings. The summed E-state index contributed by atoms with van der Waals surface area (Å²) in [6.45, 7) is 5.48. The van der Waals surface area contributed by atoms with Gasteiger partial charge in [0.1, 0.15) is 5.82 Å². The first-order valence-electron chi connectivity index (χ1n) is 6.73. The minimum absolute atomic E-state index is 0.329. The van der Waals surface area contributed by atoms with Crippen LogP contribution in [0.1, 0.15) is 37.6 Å². The molecule has 0 bridgehead atoms. The van der Waals surface area contributed by atoms with E-state index < -0.39 is 0 Å². The van der Waals surface area contributed by atoms with E-state index in [4.69, 9.17) is 11.6 Å². The predicted octanol–water partition coefficient (Wildman–Crippen LogP) is 3.18. The van der Waals surface area contributed by atoms with Crippen LogP contribution >= 0.6 is 11.6 Å². The summed E-state index contributed by atoms with van der Waals surface area (Å²) in [5.74, 6) is -0.348. The summed E-state index contributed by atoms with van der Waals surface area (Å²) in [7, 11) is 0. The molecular formula is C14H18ClFN4. The van der Waals surface area contributed by atoms with Crippen molar-refractivity contribution in [2.24, 2.45) is 0 Å². The number of pyridine rings is 1. The lowest BCUT2D eigenvalue weighted by Gasteiger charge is -2.20. The van der Waals surface area contributed by atoms with Gasteiger partial charge in [-0.1, -0.05) is 25.4 Å². The largest absolute Gasteiger partial charge is 0.305 e. The van der Waals surface area contributed by atoms with Gasteiger partial charge in [-0.15, -0.1) is 0 Å². The minimum Gasteiger partial charge on any atom is -0.305 e. The maximum absolute atomic E-state index is 14.0. The van der Waals surface area contributed by atoms with Crippen LogP contribution in [0.25, 0.3) is 0 Å². The van der Waals surface area contributed by atoms with Crippen LogP contribution in [0.2, 0.25) is 5.02 Å². The first kappa shape index (κ1) is 14.9. The molecule has 2 rings (SSSR count). The van der Waals surface area contributed by atoms with Crippen molar-refractivity contribution in [2.45, 2.75) is 32.9 Å². The van der Waals surface area contributed by atoms with Crippen molar-refractivity contribution >= 4 is 11.6 Å². The topological polar surface area (TPSA) is 42.7 Å². The van der Waals surface area contributed by atoms with E-state index in [-0.39, 0.29) is 11.9 Å². The van der Waals surface area contributed by atoms with E-state index in [0.717, 1.165) is 18.7 Å². The molecule has 0 aliphatic heterocycles. The van der Waals surface area contributed by atoms with Gasteiger partial charge in [0, 0.05) is 18.3 Å². The van der Waals surface area contributed by atoms with Gasteiger partial charge >= 0.3 is 0 Å². The van der Waals surface area contributed by atoms with Crippen molar-refractivity contribution in [3.8, 4) is 0 Å². The Hall–Kier alpha value is -1.46. The van der Waals surface area contributed by atoms with Gasteiger partial charge in [-0.25, -0.2) is 4.39 Å². The van der Waals surface area contributed by atoms with Gasteiger partial charge in [-0.05, 0) is 19.0 Å². The average molecular weight is 297 g/mol. The predicted molar refractivity (Wildman–Crippen MR) is 77.2 cm³/mol. The highest BCUT2D eigenvalue weighted by Gasteiger charge is 2.23. The second-order valence-electron chi connectivity index (χ2n) is 4.49. The maximum Gasteiger partial charge on any atom is 0.146 e. The smallest absolute Gasteiger partial charge is 0.146 e. The molecule has 0 saturated carbocycles. The summed E-state index contributed by atoms with van der Waals surface area (Å²) < 4.78 is 15.9. The molecule has 0 aromatic carbocycles. The van der Waals surface area contributed by atoms with Crippen molar-refractivity contribution in [3.05, 3.63) is 46.8 Å². The summed E-state index contributed by atoms with van der Waals surface area (Å²) in [5.41, 5.74) is 1.32. The summed E-state index contributed by atoms with van der Waals surface area (Å²) in [6, 6.07) is 1.34. The Bertz CT molecular complexity index is 570. The lowest BCUT2D eigenvalue weighted by molar-refractivity contribution is 0.500. The van der Waals surface area contributed by atoms with Crippen molar-refractivity contribution in [1.82, 2.24) is 20.1 Å². The molecule has 0 radical (unpaired) electrons. The number of aromatic nitrogens is 3. The fraction of sp³-hybridized carbons (Fsp3) is 0.429. The molecule has 20 heavy (non-hydrogen) atoms. The van der Waals surface area contributed by atoms with Crippen LogP contribution in [-0.4, -0.2) is 21.3 Å². The minimum atomic E-state index is -0.348. The van der Waals surface area contributed by atoms with E-state index in [1.165, 1.54) is 6.20 Å². The van der Waals surface area contributed by atoms with E-state index in [9.17, 15) is 4.39 Å². The quantitative estimate of drug-likeness (QED) is 0.890. The number of hydrogen-bond acceptors (Lipinski definition) is 3. The number of hydrogen-bond donors (Lipinski definition) is 1. The Morgan fingerprint density at radius 2 is 2.20 bits per heavy atom. The average Bonchev–Trinajstić information content (AvgIpc) is 2.79. The molecule has 0 aliphatic rings. The van der Waals surface area contributed by atoms with Crippen molar-refractivity contribution < 1.29 is 4.39 Å². The van der Waals surface area contributed by atoms with Crippen LogP contribution in [0.15, 0.2) is 24.7 Å². The highest BCUT2D eigenvalue weighted by Crippen LogP contribution is 2.29. The molecule has 4 nitrogen and oxygen atoms in total. The monoisotopic (exact) mass is 296 g/mol. The molecule has 108 valence electrons. The first-order chi connectivity index (χ1) is 9.69. The maximum atomic E-state index is 14.0. The zero-order chi connectivity index (χ0) is 14.5. The molecule has 2 heterocycles. The van der Waals surface area contributed by atoms with Crippen LogP contribution in [-0.2, 0) is 6.54 Å². The normalized spacial score (nSPS) is 12.6. The highest BCUT2D eigenvalue weighted by atomic mass is 35.5. The third kappa shape index (κ3) is 2.99. The lowest BCUT2D eigenvalue weighted by Crippen LogP contribution is -2.26. The van der Waals surface area contributed by atoms with E-state index in [1.54, 1.807) is 18.5 Å². The van der Waals surface area contributed by atoms with Gasteiger partial charge < -0.3 is 5.32 Å². The molecular weight excluding hydrogens is 279 g/mol. The molecule has 0 fully saturated rings. The van der Waals surface area contributed by atoms with Gasteiger partial charge in [-0.2, -0.15) is 5.10 Å². The highest BCUT2D eigenvalue weighted by molar-refractivity contribution is 6.31. The molecule has 1 N–H and O–H groups in total. The van der Waals surface area contributed by atoms with E-state index >= 15 is 0 Å². The van der Waals surface area contributed by atoms with Gasteiger partial charge in [-0.3, -0.25) is 9.67 Å². The number of nitrogens with zero attached hydrogens (tertiary/aromatic N) is 3. The summed E-state index contributed by atoms with van der Waals surface area (Å²) in [6.07, 6.45) is 5.34. The van der Waals surface area contributed by atoms with Crippen LogP contribution in [0, 0.1) is 5.82 Å². The van der Waals surface area contributed by atoms with Gasteiger partial charge in [0.15, 0.2) is 0 Å². The molecule has 0 aliphatic carbocycles. The van der Waals surface area contributed by atoms with Crippen molar-refractivity contribution in [1.29, 1.82) is 0 Å². The van der Waals surface area contributed by atoms with Gasteiger partial charge in [0.25, 0.3) is 0 Å². The van der Waals surface area contributed by atoms with E-state index in [2.05, 4.69) is 22.3 Å². The van der Waals surface area contributed by atoms with Crippen molar-refractivity contribution in [2.75, 3.05) is 6.54 Å². The Balaban J connectivity index is 2.49. The lowest BCUT2D eigenvalue weighted by atomic mass is 10.0. The third-order valence-electron chi connectivity index (χ3n) is 3.07. The second kappa shape index (κ2) is 6.81. The summed E-state index contributed by atoms with van der Waals surface area (Å²) >= 11 is 6.25. The summed E-state index contributed by atoms with van der Waals surface area (Å²) in [5, 5.41) is 8.08. The Morgan fingerprint density at radius 3 is 2.85 bits per heavy atom. The molecule has 0 saturated heterocycles. The fourth-order valence-corrected chi connectivity index (χ4v) is 2.48. The van der Waals surface area contributed by atoms with Crippen LogP contribution < -0.4 is 5.32 Å². The number of rotatable bonds is 6. The first-order valence-corrected chi connectivity index (χ1v) is 7.10. The zero-order valence-corrected chi connectivity index (χ0v) is 12.4. The van der Waals surface area contributed by atoms with Crippen LogP contribution in [0.3, 0.4) is 0 Å². The van der Waals surface area contributed by atoms with Crippen molar-refractivity contribution in [3.63, 3.8) is 0 Å². The fourth-order valence-electron chi connectivity index (χ4n) is 2.23. The molecule has 0 amide bonds. The van der Waals surface area contributed by atoms with Crippen LogP contribution in [0.4, 0.5) is 4.39 Å². The number of halogens is 2. The van der Waals surface area contributed by atoms with E-state index in [0.29, 0.717) is 17.1 Å². The number of nitrogens with one attached hydrogen (secondary N) is 1. The third-order valence-corrected chi connectivity index (χ3v) is 3.36. The Kier molecular flexibility index (Phi) is 5.09. The SMILES string of the molecule is CCCn1ncc(Cl)c1C(NCC)c1ccncc1F. The molecule has 6 heteroatoms. The van der Waals surface area contributed by atoms with E-state index in [1.807, 2.05) is 11.6 Å². The Labute approximate surface area is 123 Å². The van der Waals surface area contributed by atoms with Crippen LogP contribution in [0.5, 0.6) is 0 Å². The molecule has 1 unspecified atom stereocenters. The molecule has 0 spiro atoms.